The molecule has 3 unspecified atom stereocenters. The van der Waals surface area contributed by atoms with Crippen LogP contribution < -0.4 is 10.6 Å². The molecule has 3 N–H and O–H groups in total. The van der Waals surface area contributed by atoms with Gasteiger partial charge in [-0.25, -0.2) is 0 Å². The van der Waals surface area contributed by atoms with Crippen LogP contribution in [0.2, 0.25) is 0 Å². The molecule has 8 heteroatoms. The molecule has 1 aliphatic carbocycles. The molecule has 0 spiro atoms. The summed E-state index contributed by atoms with van der Waals surface area (Å²) >= 11 is 0. The van der Waals surface area contributed by atoms with E-state index in [9.17, 15) is 19.6 Å². The van der Waals surface area contributed by atoms with Crippen molar-refractivity contribution in [2.45, 2.75) is 51.1 Å². The first kappa shape index (κ1) is 24.6. The van der Waals surface area contributed by atoms with Gasteiger partial charge >= 0.3 is 0 Å². The van der Waals surface area contributed by atoms with Gasteiger partial charge in [-0.05, 0) is 55.5 Å². The minimum Gasteiger partial charge on any atom is -0.351 e. The fraction of sp³-hybridized carbons (Fsp3) is 0.379. The zero-order chi connectivity index (χ0) is 25.9. The van der Waals surface area contributed by atoms with E-state index in [2.05, 4.69) is 21.7 Å². The minimum atomic E-state index is -0.753. The number of hydrogen-bond acceptors (Lipinski definition) is 4. The maximum absolute atomic E-state index is 13.7. The molecular weight excluding hydrogens is 466 g/mol. The smallest absolute Gasteiger partial charge is 0.268 e. The predicted octanol–water partition coefficient (Wildman–Crippen LogP) is 4.14. The largest absolute Gasteiger partial charge is 0.351 e. The molecule has 8 nitrogen and oxygen atoms in total. The topological polar surface area (TPSA) is 118 Å². The standard InChI is InChI=1S/C29H31N5O3/c1-18-7-5-12-24-23(18)15-25(32-24)28(36)33-26(13-19-8-6-9-19)29(37)34-17-20(14-22(34)16-30)27(35)31-21-10-3-2-4-11-21/h2-5,7,10-12,15,19-20,22,26,32H,6,8-9,13-14,17H2,1H3,(H,31,35)(H,33,36). The lowest BCUT2D eigenvalue weighted by Crippen LogP contribution is -2.51. The number of rotatable bonds is 7. The van der Waals surface area contributed by atoms with Gasteiger partial charge in [0.05, 0.1) is 12.0 Å². The number of H-pyrrole nitrogens is 1. The van der Waals surface area contributed by atoms with Crippen molar-refractivity contribution in [3.63, 3.8) is 0 Å². The fourth-order valence-electron chi connectivity index (χ4n) is 5.31. The molecule has 1 saturated heterocycles. The van der Waals surface area contributed by atoms with Gasteiger partial charge in [-0.15, -0.1) is 0 Å². The molecule has 1 aromatic heterocycles. The number of benzene rings is 2. The molecule has 190 valence electrons. The molecule has 3 amide bonds. The highest BCUT2D eigenvalue weighted by Crippen LogP contribution is 2.32. The number of hydrogen-bond donors (Lipinski definition) is 3. The lowest BCUT2D eigenvalue weighted by atomic mass is 9.80. The van der Waals surface area contributed by atoms with Gasteiger partial charge in [-0.1, -0.05) is 49.6 Å². The van der Waals surface area contributed by atoms with E-state index in [4.69, 9.17) is 0 Å². The third-order valence-electron chi connectivity index (χ3n) is 7.67. The monoisotopic (exact) mass is 497 g/mol. The van der Waals surface area contributed by atoms with Crippen molar-refractivity contribution in [2.75, 3.05) is 11.9 Å². The highest BCUT2D eigenvalue weighted by atomic mass is 16.2. The zero-order valence-corrected chi connectivity index (χ0v) is 20.9. The first-order chi connectivity index (χ1) is 17.9. The van der Waals surface area contributed by atoms with E-state index >= 15 is 0 Å². The molecule has 1 saturated carbocycles. The third kappa shape index (κ3) is 5.21. The molecule has 1 aliphatic heterocycles. The second-order valence-corrected chi connectivity index (χ2v) is 10.2. The summed E-state index contributed by atoms with van der Waals surface area (Å²) in [7, 11) is 0. The number of fused-ring (bicyclic) bond motifs is 1. The average molecular weight is 498 g/mol. The number of nitrogens with one attached hydrogen (secondary N) is 3. The number of nitrogens with zero attached hydrogens (tertiary/aromatic N) is 2. The van der Waals surface area contributed by atoms with Crippen LogP contribution in [0.15, 0.2) is 54.6 Å². The third-order valence-corrected chi connectivity index (χ3v) is 7.67. The molecule has 3 aromatic rings. The van der Waals surface area contributed by atoms with E-state index in [1.54, 1.807) is 12.1 Å². The normalized spacial score (nSPS) is 20.2. The van der Waals surface area contributed by atoms with Crippen LogP contribution >= 0.6 is 0 Å². The Labute approximate surface area is 216 Å². The van der Waals surface area contributed by atoms with Crippen molar-refractivity contribution in [2.24, 2.45) is 11.8 Å². The summed E-state index contributed by atoms with van der Waals surface area (Å²) in [6.07, 6.45) is 3.96. The number of likely N-dealkylation sites (tertiary alicyclic amines) is 1. The van der Waals surface area contributed by atoms with Crippen LogP contribution in [-0.4, -0.2) is 46.2 Å². The van der Waals surface area contributed by atoms with Gasteiger partial charge in [0.2, 0.25) is 11.8 Å². The van der Waals surface area contributed by atoms with Gasteiger partial charge in [0, 0.05) is 23.1 Å². The number of carbonyl (C=O) groups is 3. The number of aryl methyl sites for hydroxylation is 1. The van der Waals surface area contributed by atoms with Crippen molar-refractivity contribution in [3.8, 4) is 6.07 Å². The molecule has 0 radical (unpaired) electrons. The maximum Gasteiger partial charge on any atom is 0.268 e. The highest BCUT2D eigenvalue weighted by Gasteiger charge is 2.42. The molecule has 2 heterocycles. The van der Waals surface area contributed by atoms with Crippen LogP contribution in [0.25, 0.3) is 10.9 Å². The number of carbonyl (C=O) groups excluding carboxylic acids is 3. The van der Waals surface area contributed by atoms with E-state index in [1.807, 2.05) is 49.4 Å². The van der Waals surface area contributed by atoms with Crippen LogP contribution in [0.3, 0.4) is 0 Å². The number of nitriles is 1. The Bertz CT molecular complexity index is 1350. The summed E-state index contributed by atoms with van der Waals surface area (Å²) in [5, 5.41) is 16.6. The molecule has 5 rings (SSSR count). The second-order valence-electron chi connectivity index (χ2n) is 10.2. The quantitative estimate of drug-likeness (QED) is 0.455. The highest BCUT2D eigenvalue weighted by molar-refractivity contribution is 6.01. The maximum atomic E-state index is 13.7. The van der Waals surface area contributed by atoms with Gasteiger partial charge in [-0.2, -0.15) is 5.26 Å². The number of amides is 3. The Balaban J connectivity index is 1.31. The number of anilines is 1. The van der Waals surface area contributed by atoms with Crippen molar-refractivity contribution < 1.29 is 14.4 Å². The summed E-state index contributed by atoms with van der Waals surface area (Å²) in [5.41, 5.74) is 3.00. The molecule has 2 aromatic carbocycles. The Morgan fingerprint density at radius 1 is 1.14 bits per heavy atom. The number of aromatic nitrogens is 1. The fourth-order valence-corrected chi connectivity index (χ4v) is 5.31. The van der Waals surface area contributed by atoms with Gasteiger partial charge in [0.25, 0.3) is 5.91 Å². The van der Waals surface area contributed by atoms with Crippen LogP contribution in [0.1, 0.15) is 48.2 Å². The summed E-state index contributed by atoms with van der Waals surface area (Å²) in [6.45, 7) is 2.14. The summed E-state index contributed by atoms with van der Waals surface area (Å²) < 4.78 is 0. The Hall–Kier alpha value is -4.12. The van der Waals surface area contributed by atoms with Crippen LogP contribution in [0, 0.1) is 30.1 Å². The lowest BCUT2D eigenvalue weighted by molar-refractivity contribution is -0.134. The van der Waals surface area contributed by atoms with E-state index < -0.39 is 18.0 Å². The SMILES string of the molecule is Cc1cccc2[nH]c(C(=O)NC(CC3CCC3)C(=O)N3CC(C(=O)Nc4ccccc4)CC3C#N)cc12. The molecule has 37 heavy (non-hydrogen) atoms. The second kappa shape index (κ2) is 10.5. The van der Waals surface area contributed by atoms with Crippen LogP contribution in [0.4, 0.5) is 5.69 Å². The van der Waals surface area contributed by atoms with Crippen LogP contribution in [0.5, 0.6) is 0 Å². The van der Waals surface area contributed by atoms with E-state index in [0.29, 0.717) is 23.7 Å². The zero-order valence-electron chi connectivity index (χ0n) is 20.9. The minimum absolute atomic E-state index is 0.151. The first-order valence-electron chi connectivity index (χ1n) is 12.9. The van der Waals surface area contributed by atoms with E-state index in [-0.39, 0.29) is 30.7 Å². The van der Waals surface area contributed by atoms with Crippen molar-refractivity contribution in [1.29, 1.82) is 5.26 Å². The summed E-state index contributed by atoms with van der Waals surface area (Å²) in [6, 6.07) is 17.5. The van der Waals surface area contributed by atoms with Gasteiger partial charge in [0.15, 0.2) is 0 Å². The lowest BCUT2D eigenvalue weighted by Gasteiger charge is -2.32. The van der Waals surface area contributed by atoms with Gasteiger partial charge < -0.3 is 20.5 Å². The van der Waals surface area contributed by atoms with E-state index in [0.717, 1.165) is 35.7 Å². The molecule has 2 aliphatic rings. The van der Waals surface area contributed by atoms with Crippen LogP contribution in [-0.2, 0) is 9.59 Å². The van der Waals surface area contributed by atoms with Gasteiger partial charge in [0.1, 0.15) is 17.8 Å². The Kier molecular flexibility index (Phi) is 6.95. The molecule has 3 atom stereocenters. The average Bonchev–Trinajstić information content (AvgIpc) is 3.51. The summed E-state index contributed by atoms with van der Waals surface area (Å²) in [4.78, 5) is 44.5. The summed E-state index contributed by atoms with van der Waals surface area (Å²) in [5.74, 6) is -0.992. The van der Waals surface area contributed by atoms with Crippen molar-refractivity contribution in [3.05, 3.63) is 65.9 Å². The molecule has 0 bridgehead atoms. The van der Waals surface area contributed by atoms with Crippen molar-refractivity contribution in [1.82, 2.24) is 15.2 Å². The Morgan fingerprint density at radius 3 is 2.59 bits per heavy atom. The number of para-hydroxylation sites is 1. The Morgan fingerprint density at radius 2 is 1.92 bits per heavy atom. The predicted molar refractivity (Wildman–Crippen MR) is 141 cm³/mol. The molecule has 2 fully saturated rings. The van der Waals surface area contributed by atoms with E-state index in [1.165, 1.54) is 4.90 Å². The number of aromatic amines is 1. The molecular formula is C29H31N5O3. The van der Waals surface area contributed by atoms with Crippen molar-refractivity contribution >= 4 is 34.3 Å². The van der Waals surface area contributed by atoms with Gasteiger partial charge in [-0.3, -0.25) is 14.4 Å². The first-order valence-corrected chi connectivity index (χ1v) is 12.9.